The Kier molecular flexibility index (Phi) is 3.90. The first-order chi connectivity index (χ1) is 8.61. The molecule has 0 aromatic carbocycles. The van der Waals surface area contributed by atoms with Gasteiger partial charge in [-0.05, 0) is 38.2 Å². The van der Waals surface area contributed by atoms with Crippen LogP contribution in [0.25, 0.3) is 0 Å². The molecule has 0 saturated heterocycles. The predicted molar refractivity (Wildman–Crippen MR) is 71.9 cm³/mol. The lowest BCUT2D eigenvalue weighted by Crippen LogP contribution is -2.38. The lowest BCUT2D eigenvalue weighted by atomic mass is 10.3. The first-order valence-corrected chi connectivity index (χ1v) is 6.84. The highest BCUT2D eigenvalue weighted by molar-refractivity contribution is 7.11. The van der Waals surface area contributed by atoms with E-state index in [0.717, 1.165) is 12.8 Å². The maximum atomic E-state index is 11.8. The number of hydrogen-bond donors (Lipinski definition) is 3. The second-order valence-corrected chi connectivity index (χ2v) is 5.08. The van der Waals surface area contributed by atoms with Gasteiger partial charge >= 0.3 is 0 Å². The number of amides is 1. The van der Waals surface area contributed by atoms with Gasteiger partial charge in [0.05, 0.1) is 6.61 Å². The number of carbonyl (C=O) groups excluding carboxylic acids is 1. The topological polar surface area (TPSA) is 89.3 Å². The fourth-order valence-corrected chi connectivity index (χ4v) is 2.23. The number of nitrogen functional groups attached to an aromatic ring is 1. The summed E-state index contributed by atoms with van der Waals surface area (Å²) >= 11 is 1.21. The molecule has 1 atom stereocenters. The molecule has 0 spiro atoms. The Balaban J connectivity index is 1.96. The number of ether oxygens (including phenoxy) is 1. The molecular weight excluding hydrogens is 252 g/mol. The number of anilines is 2. The number of aromatic nitrogens is 1. The van der Waals surface area contributed by atoms with Crippen LogP contribution in [-0.4, -0.2) is 29.0 Å². The summed E-state index contributed by atoms with van der Waals surface area (Å²) in [7, 11) is 0. The van der Waals surface area contributed by atoms with Crippen molar-refractivity contribution < 1.29 is 9.53 Å². The standard InChI is InChI=1S/C11H18N4O2S/c1-3-17-8-9(12)15-18-11(8)13-6(2)10(16)14-7-4-5-7/h6-7,13H,3-5H2,1-2H3,(H2,12,15)(H,14,16). The van der Waals surface area contributed by atoms with Gasteiger partial charge in [0.15, 0.2) is 16.6 Å². The van der Waals surface area contributed by atoms with Crippen LogP contribution in [0.5, 0.6) is 5.75 Å². The number of nitrogens with one attached hydrogen (secondary N) is 2. The summed E-state index contributed by atoms with van der Waals surface area (Å²) in [6, 6.07) is 0.0318. The van der Waals surface area contributed by atoms with Gasteiger partial charge in [0.1, 0.15) is 6.04 Å². The fraction of sp³-hybridized carbons (Fsp3) is 0.636. The molecule has 2 rings (SSSR count). The lowest BCUT2D eigenvalue weighted by Gasteiger charge is -2.14. The average Bonchev–Trinajstić information content (AvgIpc) is 3.09. The molecule has 1 unspecified atom stereocenters. The third-order valence-electron chi connectivity index (χ3n) is 2.63. The molecule has 18 heavy (non-hydrogen) atoms. The average molecular weight is 270 g/mol. The van der Waals surface area contributed by atoms with Crippen molar-refractivity contribution in [1.82, 2.24) is 9.69 Å². The summed E-state index contributed by atoms with van der Waals surface area (Å²) in [6.45, 7) is 4.20. The summed E-state index contributed by atoms with van der Waals surface area (Å²) in [4.78, 5) is 11.8. The van der Waals surface area contributed by atoms with Crippen molar-refractivity contribution in [2.75, 3.05) is 17.7 Å². The number of nitrogens with zero attached hydrogens (tertiary/aromatic N) is 1. The first-order valence-electron chi connectivity index (χ1n) is 6.06. The Bertz CT molecular complexity index is 431. The van der Waals surface area contributed by atoms with Crippen LogP contribution in [0, 0.1) is 0 Å². The van der Waals surface area contributed by atoms with Crippen molar-refractivity contribution in [3.8, 4) is 5.75 Å². The van der Waals surface area contributed by atoms with Crippen molar-refractivity contribution >= 4 is 28.3 Å². The minimum atomic E-state index is -0.329. The summed E-state index contributed by atoms with van der Waals surface area (Å²) in [6.07, 6.45) is 2.16. The van der Waals surface area contributed by atoms with Gasteiger partial charge in [-0.25, -0.2) is 0 Å². The Morgan fingerprint density at radius 2 is 2.39 bits per heavy atom. The highest BCUT2D eigenvalue weighted by Gasteiger charge is 2.26. The molecule has 1 aromatic heterocycles. The van der Waals surface area contributed by atoms with E-state index in [-0.39, 0.29) is 11.9 Å². The minimum Gasteiger partial charge on any atom is -0.487 e. The number of carbonyl (C=O) groups is 1. The van der Waals surface area contributed by atoms with Crippen molar-refractivity contribution in [3.05, 3.63) is 0 Å². The molecule has 0 bridgehead atoms. The van der Waals surface area contributed by atoms with E-state index in [1.165, 1.54) is 11.5 Å². The van der Waals surface area contributed by atoms with Crippen LogP contribution in [-0.2, 0) is 4.79 Å². The van der Waals surface area contributed by atoms with Gasteiger partial charge in [-0.2, -0.15) is 4.37 Å². The lowest BCUT2D eigenvalue weighted by molar-refractivity contribution is -0.121. The maximum absolute atomic E-state index is 11.8. The summed E-state index contributed by atoms with van der Waals surface area (Å²) in [5, 5.41) is 6.73. The van der Waals surface area contributed by atoms with Crippen LogP contribution in [0.2, 0.25) is 0 Å². The van der Waals surface area contributed by atoms with Crippen molar-refractivity contribution in [2.45, 2.75) is 38.8 Å². The van der Waals surface area contributed by atoms with Crippen molar-refractivity contribution in [2.24, 2.45) is 0 Å². The van der Waals surface area contributed by atoms with Gasteiger partial charge in [0.2, 0.25) is 5.91 Å². The van der Waals surface area contributed by atoms with E-state index < -0.39 is 0 Å². The van der Waals surface area contributed by atoms with E-state index in [1.807, 2.05) is 13.8 Å². The van der Waals surface area contributed by atoms with Gasteiger partial charge in [-0.3, -0.25) is 4.79 Å². The van der Waals surface area contributed by atoms with Crippen molar-refractivity contribution in [1.29, 1.82) is 0 Å². The van der Waals surface area contributed by atoms with Crippen LogP contribution in [0.1, 0.15) is 26.7 Å². The zero-order chi connectivity index (χ0) is 13.1. The van der Waals surface area contributed by atoms with E-state index in [4.69, 9.17) is 10.5 Å². The van der Waals surface area contributed by atoms with Crippen LogP contribution >= 0.6 is 11.5 Å². The second kappa shape index (κ2) is 5.43. The molecule has 0 aliphatic heterocycles. The van der Waals surface area contributed by atoms with Gasteiger partial charge < -0.3 is 21.1 Å². The van der Waals surface area contributed by atoms with E-state index >= 15 is 0 Å². The Labute approximate surface area is 110 Å². The van der Waals surface area contributed by atoms with Gasteiger partial charge in [-0.1, -0.05) is 0 Å². The largest absolute Gasteiger partial charge is 0.487 e. The predicted octanol–water partition coefficient (Wildman–Crippen LogP) is 1.20. The van der Waals surface area contributed by atoms with Crippen LogP contribution in [0.3, 0.4) is 0 Å². The molecule has 6 nitrogen and oxygen atoms in total. The van der Waals surface area contributed by atoms with E-state index in [2.05, 4.69) is 15.0 Å². The molecular formula is C11H18N4O2S. The fourth-order valence-electron chi connectivity index (χ4n) is 1.49. The molecule has 1 heterocycles. The van der Waals surface area contributed by atoms with E-state index in [9.17, 15) is 4.79 Å². The second-order valence-electron chi connectivity index (χ2n) is 4.31. The Morgan fingerprint density at radius 3 is 3.00 bits per heavy atom. The molecule has 1 aliphatic rings. The van der Waals surface area contributed by atoms with Gasteiger partial charge in [0, 0.05) is 6.04 Å². The highest BCUT2D eigenvalue weighted by Crippen LogP contribution is 2.35. The summed E-state index contributed by atoms with van der Waals surface area (Å²) in [5.74, 6) is 0.889. The summed E-state index contributed by atoms with van der Waals surface area (Å²) < 4.78 is 9.43. The quantitative estimate of drug-likeness (QED) is 0.723. The third-order valence-corrected chi connectivity index (χ3v) is 3.40. The minimum absolute atomic E-state index is 0.00748. The maximum Gasteiger partial charge on any atom is 0.242 e. The van der Waals surface area contributed by atoms with Gasteiger partial charge in [-0.15, -0.1) is 0 Å². The molecule has 7 heteroatoms. The molecule has 1 aliphatic carbocycles. The third kappa shape index (κ3) is 3.04. The van der Waals surface area contributed by atoms with Crippen molar-refractivity contribution in [3.63, 3.8) is 0 Å². The zero-order valence-corrected chi connectivity index (χ0v) is 11.3. The zero-order valence-electron chi connectivity index (χ0n) is 10.5. The first kappa shape index (κ1) is 12.9. The molecule has 0 radical (unpaired) electrons. The highest BCUT2D eigenvalue weighted by atomic mass is 32.1. The Morgan fingerprint density at radius 1 is 1.67 bits per heavy atom. The van der Waals surface area contributed by atoms with E-state index in [0.29, 0.717) is 29.2 Å². The number of rotatable bonds is 6. The Hall–Kier alpha value is -1.50. The smallest absolute Gasteiger partial charge is 0.242 e. The SMILES string of the molecule is CCOc1c(N)nsc1NC(C)C(=O)NC1CC1. The molecule has 1 aromatic rings. The number of hydrogen-bond acceptors (Lipinski definition) is 6. The molecule has 100 valence electrons. The van der Waals surface area contributed by atoms with Crippen LogP contribution in [0.4, 0.5) is 10.8 Å². The van der Waals surface area contributed by atoms with E-state index in [1.54, 1.807) is 0 Å². The molecule has 4 N–H and O–H groups in total. The molecule has 1 fully saturated rings. The molecule has 1 amide bonds. The van der Waals surface area contributed by atoms with Crippen LogP contribution < -0.4 is 21.1 Å². The van der Waals surface area contributed by atoms with Crippen LogP contribution in [0.15, 0.2) is 0 Å². The number of nitrogens with two attached hydrogens (primary N) is 1. The van der Waals surface area contributed by atoms with Gasteiger partial charge in [0.25, 0.3) is 0 Å². The normalized spacial score (nSPS) is 16.1. The summed E-state index contributed by atoms with van der Waals surface area (Å²) in [5.41, 5.74) is 5.70. The molecule has 1 saturated carbocycles. The monoisotopic (exact) mass is 270 g/mol.